The fraction of sp³-hybridized carbons (Fsp3) is 0.200. The maximum atomic E-state index is 12.2. The van der Waals surface area contributed by atoms with Gasteiger partial charge in [0, 0.05) is 5.56 Å². The summed E-state index contributed by atoms with van der Waals surface area (Å²) in [6, 6.07) is 12.6. The number of ether oxygens (including phenoxy) is 4. The summed E-state index contributed by atoms with van der Waals surface area (Å²) < 4.78 is 21.2. The van der Waals surface area contributed by atoms with E-state index in [4.69, 9.17) is 18.9 Å². The monoisotopic (exact) mass is 353 g/mol. The highest BCUT2D eigenvalue weighted by molar-refractivity contribution is 6.13. The van der Waals surface area contributed by atoms with Crippen LogP contribution in [0.15, 0.2) is 53.2 Å². The number of cyclic esters (lactones) is 1. The third-order valence-electron chi connectivity index (χ3n) is 3.72. The van der Waals surface area contributed by atoms with E-state index in [0.29, 0.717) is 23.7 Å². The summed E-state index contributed by atoms with van der Waals surface area (Å²) in [5.41, 5.74) is 1.66. The lowest BCUT2D eigenvalue weighted by Crippen LogP contribution is -2.06. The van der Waals surface area contributed by atoms with E-state index < -0.39 is 5.97 Å². The van der Waals surface area contributed by atoms with Gasteiger partial charge in [-0.3, -0.25) is 0 Å². The summed E-state index contributed by atoms with van der Waals surface area (Å²) in [6.45, 7) is 2.49. The smallest absolute Gasteiger partial charge is 0.363 e. The van der Waals surface area contributed by atoms with Gasteiger partial charge in [-0.2, -0.15) is 0 Å². The van der Waals surface area contributed by atoms with Gasteiger partial charge in [0.15, 0.2) is 17.2 Å². The number of hydrogen-bond donors (Lipinski definition) is 0. The number of rotatable bonds is 6. The van der Waals surface area contributed by atoms with Crippen molar-refractivity contribution in [2.24, 2.45) is 4.99 Å². The lowest BCUT2D eigenvalue weighted by Gasteiger charge is -2.08. The van der Waals surface area contributed by atoms with Crippen LogP contribution in [0.3, 0.4) is 0 Å². The number of aliphatic imine (C=N–C) groups is 1. The molecular weight excluding hydrogens is 334 g/mol. The van der Waals surface area contributed by atoms with Gasteiger partial charge in [0.05, 0.1) is 20.8 Å². The van der Waals surface area contributed by atoms with Crippen LogP contribution in [-0.2, 0) is 9.53 Å². The molecule has 0 fully saturated rings. The van der Waals surface area contributed by atoms with Gasteiger partial charge < -0.3 is 18.9 Å². The first-order valence-electron chi connectivity index (χ1n) is 8.12. The SMILES string of the molecule is CCOc1cccc(/C=C2/N=C(c3ccc(OC)c(OC)c3)OC2=O)c1. The van der Waals surface area contributed by atoms with E-state index in [2.05, 4.69) is 4.99 Å². The molecule has 1 heterocycles. The largest absolute Gasteiger partial charge is 0.494 e. The van der Waals surface area contributed by atoms with Crippen molar-refractivity contribution in [1.29, 1.82) is 0 Å². The maximum Gasteiger partial charge on any atom is 0.363 e. The van der Waals surface area contributed by atoms with Crippen LogP contribution in [0.2, 0.25) is 0 Å². The topological polar surface area (TPSA) is 66.3 Å². The number of esters is 1. The van der Waals surface area contributed by atoms with Crippen molar-refractivity contribution in [3.8, 4) is 17.2 Å². The van der Waals surface area contributed by atoms with Gasteiger partial charge in [-0.15, -0.1) is 0 Å². The highest BCUT2D eigenvalue weighted by atomic mass is 16.6. The van der Waals surface area contributed by atoms with Crippen molar-refractivity contribution in [3.05, 3.63) is 59.3 Å². The molecule has 134 valence electrons. The van der Waals surface area contributed by atoms with E-state index >= 15 is 0 Å². The molecule has 0 atom stereocenters. The molecule has 26 heavy (non-hydrogen) atoms. The Morgan fingerprint density at radius 2 is 1.88 bits per heavy atom. The van der Waals surface area contributed by atoms with E-state index in [1.54, 1.807) is 38.5 Å². The summed E-state index contributed by atoms with van der Waals surface area (Å²) in [7, 11) is 3.10. The standard InChI is InChI=1S/C20H19NO5/c1-4-25-15-7-5-6-13(10-15)11-16-20(22)26-19(21-16)14-8-9-17(23-2)18(12-14)24-3/h5-12H,4H2,1-3H3/b16-11+. The number of carbonyl (C=O) groups excluding carboxylic acids is 1. The van der Waals surface area contributed by atoms with Gasteiger partial charge in [0.2, 0.25) is 5.90 Å². The average Bonchev–Trinajstić information content (AvgIpc) is 3.02. The fourth-order valence-electron chi connectivity index (χ4n) is 2.52. The summed E-state index contributed by atoms with van der Waals surface area (Å²) in [5, 5.41) is 0. The lowest BCUT2D eigenvalue weighted by molar-refractivity contribution is -0.129. The highest BCUT2D eigenvalue weighted by Crippen LogP contribution is 2.29. The molecule has 0 aromatic heterocycles. The Hall–Kier alpha value is -3.28. The summed E-state index contributed by atoms with van der Waals surface area (Å²) in [5.74, 6) is 1.58. The van der Waals surface area contributed by atoms with Gasteiger partial charge in [0.1, 0.15) is 5.75 Å². The Labute approximate surface area is 151 Å². The Kier molecular flexibility index (Phi) is 5.22. The average molecular weight is 353 g/mol. The minimum atomic E-state index is -0.503. The molecule has 2 aromatic rings. The Morgan fingerprint density at radius 3 is 2.62 bits per heavy atom. The number of nitrogens with zero attached hydrogens (tertiary/aromatic N) is 1. The van der Waals surface area contributed by atoms with E-state index in [-0.39, 0.29) is 11.6 Å². The third-order valence-corrected chi connectivity index (χ3v) is 3.72. The first-order chi connectivity index (χ1) is 12.6. The van der Waals surface area contributed by atoms with Crippen LogP contribution in [0.5, 0.6) is 17.2 Å². The molecule has 2 aromatic carbocycles. The molecule has 0 spiro atoms. The molecule has 0 aliphatic carbocycles. The Bertz CT molecular complexity index is 886. The zero-order chi connectivity index (χ0) is 18.5. The summed E-state index contributed by atoms with van der Waals surface area (Å²) in [6.07, 6.45) is 1.67. The lowest BCUT2D eigenvalue weighted by atomic mass is 10.2. The van der Waals surface area contributed by atoms with E-state index in [0.717, 1.165) is 11.3 Å². The van der Waals surface area contributed by atoms with Crippen LogP contribution in [0.25, 0.3) is 6.08 Å². The second-order valence-corrected chi connectivity index (χ2v) is 5.41. The van der Waals surface area contributed by atoms with Gasteiger partial charge >= 0.3 is 5.97 Å². The fourth-order valence-corrected chi connectivity index (χ4v) is 2.52. The van der Waals surface area contributed by atoms with Gasteiger partial charge in [-0.1, -0.05) is 12.1 Å². The molecule has 0 amide bonds. The number of benzene rings is 2. The van der Waals surface area contributed by atoms with E-state index in [1.165, 1.54) is 0 Å². The molecule has 1 aliphatic heterocycles. The van der Waals surface area contributed by atoms with Crippen molar-refractivity contribution in [1.82, 2.24) is 0 Å². The third kappa shape index (κ3) is 3.69. The van der Waals surface area contributed by atoms with Gasteiger partial charge in [0.25, 0.3) is 0 Å². The molecule has 1 aliphatic rings. The first-order valence-corrected chi connectivity index (χ1v) is 8.12. The first kappa shape index (κ1) is 17.5. The quantitative estimate of drug-likeness (QED) is 0.588. The van der Waals surface area contributed by atoms with Crippen molar-refractivity contribution in [2.75, 3.05) is 20.8 Å². The molecule has 0 N–H and O–H groups in total. The zero-order valence-corrected chi connectivity index (χ0v) is 14.8. The highest BCUT2D eigenvalue weighted by Gasteiger charge is 2.25. The van der Waals surface area contributed by atoms with Crippen molar-refractivity contribution in [2.45, 2.75) is 6.92 Å². The zero-order valence-electron chi connectivity index (χ0n) is 14.8. The predicted octanol–water partition coefficient (Wildman–Crippen LogP) is 3.45. The molecule has 6 heteroatoms. The summed E-state index contributed by atoms with van der Waals surface area (Å²) in [4.78, 5) is 16.5. The second-order valence-electron chi connectivity index (χ2n) is 5.41. The van der Waals surface area contributed by atoms with E-state index in [9.17, 15) is 4.79 Å². The van der Waals surface area contributed by atoms with Crippen molar-refractivity contribution in [3.63, 3.8) is 0 Å². The molecule has 0 bridgehead atoms. The van der Waals surface area contributed by atoms with Crippen LogP contribution in [0, 0.1) is 0 Å². The molecular formula is C20H19NO5. The van der Waals surface area contributed by atoms with Crippen LogP contribution in [-0.4, -0.2) is 32.7 Å². The summed E-state index contributed by atoms with van der Waals surface area (Å²) >= 11 is 0. The molecule has 0 unspecified atom stereocenters. The Morgan fingerprint density at radius 1 is 1.08 bits per heavy atom. The second kappa shape index (κ2) is 7.74. The number of methoxy groups -OCH3 is 2. The van der Waals surface area contributed by atoms with Crippen molar-refractivity contribution >= 4 is 17.9 Å². The van der Waals surface area contributed by atoms with E-state index in [1.807, 2.05) is 31.2 Å². The molecule has 0 saturated carbocycles. The van der Waals surface area contributed by atoms with Crippen molar-refractivity contribution < 1.29 is 23.7 Å². The minimum Gasteiger partial charge on any atom is -0.494 e. The van der Waals surface area contributed by atoms with Crippen LogP contribution in [0.1, 0.15) is 18.1 Å². The predicted molar refractivity (Wildman–Crippen MR) is 97.8 cm³/mol. The molecule has 3 rings (SSSR count). The normalized spacial score (nSPS) is 14.8. The maximum absolute atomic E-state index is 12.2. The number of carbonyl (C=O) groups is 1. The number of hydrogen-bond acceptors (Lipinski definition) is 6. The molecule has 0 saturated heterocycles. The molecule has 6 nitrogen and oxygen atoms in total. The van der Waals surface area contributed by atoms with Gasteiger partial charge in [-0.25, -0.2) is 9.79 Å². The van der Waals surface area contributed by atoms with Crippen LogP contribution >= 0.6 is 0 Å². The molecule has 0 radical (unpaired) electrons. The van der Waals surface area contributed by atoms with Crippen LogP contribution < -0.4 is 14.2 Å². The minimum absolute atomic E-state index is 0.225. The van der Waals surface area contributed by atoms with Gasteiger partial charge in [-0.05, 0) is 48.9 Å². The van der Waals surface area contributed by atoms with Crippen LogP contribution in [0.4, 0.5) is 0 Å². The Balaban J connectivity index is 1.90.